The van der Waals surface area contributed by atoms with Crippen LogP contribution in [0.1, 0.15) is 63.3 Å². The molecule has 3 N–H and O–H groups in total. The van der Waals surface area contributed by atoms with E-state index in [1.165, 1.54) is 30.5 Å². The Hall–Kier alpha value is -5.47. The predicted octanol–water partition coefficient (Wildman–Crippen LogP) is 3.62. The molecule has 3 aromatic heterocycles. The first-order chi connectivity index (χ1) is 21.2. The lowest BCUT2D eigenvalue weighted by molar-refractivity contribution is -0.293. The van der Waals surface area contributed by atoms with E-state index in [1.807, 2.05) is 13.0 Å². The second kappa shape index (κ2) is 11.6. The Bertz CT molecular complexity index is 1820. The molecule has 0 aliphatic heterocycles. The van der Waals surface area contributed by atoms with Crippen molar-refractivity contribution in [3.8, 4) is 17.6 Å². The average molecular weight is 631 g/mol. The summed E-state index contributed by atoms with van der Waals surface area (Å²) in [5.74, 6) is -9.09. The number of carbonyl (C=O) groups excluding carboxylic acids is 2. The van der Waals surface area contributed by atoms with E-state index in [-0.39, 0.29) is 44.7 Å². The number of amides is 2. The Morgan fingerprint density at radius 1 is 1.18 bits per heavy atom. The first-order valence-corrected chi connectivity index (χ1v) is 13.3. The summed E-state index contributed by atoms with van der Waals surface area (Å²) in [4.78, 5) is 31.0. The van der Waals surface area contributed by atoms with Crippen LogP contribution in [0.15, 0.2) is 36.5 Å². The fourth-order valence-corrected chi connectivity index (χ4v) is 4.57. The Kier molecular flexibility index (Phi) is 7.95. The first-order valence-electron chi connectivity index (χ1n) is 13.3. The van der Waals surface area contributed by atoms with Gasteiger partial charge in [-0.25, -0.2) is 14.3 Å². The quantitative estimate of drug-likeness (QED) is 0.233. The zero-order chi connectivity index (χ0) is 32.7. The number of benzene rings is 1. The van der Waals surface area contributed by atoms with E-state index in [1.54, 1.807) is 6.92 Å². The summed E-state index contributed by atoms with van der Waals surface area (Å²) >= 11 is 0. The van der Waals surface area contributed by atoms with Crippen molar-refractivity contribution in [3.63, 3.8) is 0 Å². The third kappa shape index (κ3) is 6.14. The molecular formula is C27H23F5N10O3. The summed E-state index contributed by atoms with van der Waals surface area (Å²) in [5.41, 5.74) is -0.0550. The van der Waals surface area contributed by atoms with E-state index in [4.69, 9.17) is 0 Å². The van der Waals surface area contributed by atoms with Crippen molar-refractivity contribution in [3.05, 3.63) is 70.4 Å². The number of nitrogens with one attached hydrogen (secondary N) is 2. The van der Waals surface area contributed by atoms with Gasteiger partial charge in [0.1, 0.15) is 5.69 Å². The van der Waals surface area contributed by atoms with Gasteiger partial charge in [0.25, 0.3) is 11.8 Å². The molecule has 45 heavy (non-hydrogen) atoms. The lowest BCUT2D eigenvalue weighted by atomic mass is 10.0. The van der Waals surface area contributed by atoms with Gasteiger partial charge in [-0.1, -0.05) is 0 Å². The molecule has 0 saturated heterocycles. The average Bonchev–Trinajstić information content (AvgIpc) is 3.59. The van der Waals surface area contributed by atoms with E-state index < -0.39 is 42.0 Å². The van der Waals surface area contributed by atoms with Crippen molar-refractivity contribution >= 4 is 17.5 Å². The zero-order valence-electron chi connectivity index (χ0n) is 23.5. The number of aromatic hydroxyl groups is 1. The summed E-state index contributed by atoms with van der Waals surface area (Å²) in [5, 5.41) is 38.5. The van der Waals surface area contributed by atoms with Crippen LogP contribution in [0.3, 0.4) is 0 Å². The van der Waals surface area contributed by atoms with Gasteiger partial charge >= 0.3 is 12.1 Å². The number of pyridine rings is 1. The van der Waals surface area contributed by atoms with E-state index in [9.17, 15) is 41.9 Å². The number of aryl methyl sites for hydroxylation is 1. The van der Waals surface area contributed by atoms with Gasteiger partial charge in [-0.2, -0.15) is 32.3 Å². The molecule has 1 unspecified atom stereocenters. The molecule has 234 valence electrons. The number of alkyl halides is 5. The summed E-state index contributed by atoms with van der Waals surface area (Å²) < 4.78 is 68.3. The van der Waals surface area contributed by atoms with Crippen molar-refractivity contribution in [2.24, 2.45) is 5.92 Å². The molecular weight excluding hydrogens is 607 g/mol. The number of aromatic nitrogens is 7. The minimum Gasteiger partial charge on any atom is -0.504 e. The summed E-state index contributed by atoms with van der Waals surface area (Å²) in [6.45, 7) is 2.57. The summed E-state index contributed by atoms with van der Waals surface area (Å²) in [6, 6.07) is 8.21. The maximum atomic E-state index is 14.1. The van der Waals surface area contributed by atoms with Crippen LogP contribution < -0.4 is 10.6 Å². The molecule has 1 saturated carbocycles. The highest BCUT2D eigenvalue weighted by atomic mass is 19.4. The maximum absolute atomic E-state index is 14.1. The SMILES string of the molecule is Cc1cc(C#N)cc(C(=O)NC(C)C2CC2)c1NC(=O)c1cc(Cn2nnnc2C(F)(F)C(F)(F)F)nn1-c1ncccc1O. The van der Waals surface area contributed by atoms with Gasteiger partial charge in [-0.05, 0) is 78.9 Å². The third-order valence-corrected chi connectivity index (χ3v) is 7.08. The molecule has 2 amide bonds. The molecule has 1 fully saturated rings. The van der Waals surface area contributed by atoms with Gasteiger partial charge in [-0.3, -0.25) is 9.59 Å². The molecule has 0 bridgehead atoms. The molecule has 3 heterocycles. The molecule has 1 aliphatic rings. The van der Waals surface area contributed by atoms with E-state index in [0.717, 1.165) is 23.6 Å². The Morgan fingerprint density at radius 2 is 1.91 bits per heavy atom. The second-order valence-corrected chi connectivity index (χ2v) is 10.4. The first kappa shape index (κ1) is 31.0. The van der Waals surface area contributed by atoms with E-state index in [2.05, 4.69) is 36.2 Å². The zero-order valence-corrected chi connectivity index (χ0v) is 23.5. The Labute approximate surface area is 250 Å². The minimum absolute atomic E-state index is 0.00733. The van der Waals surface area contributed by atoms with Crippen molar-refractivity contribution in [2.75, 3.05) is 5.32 Å². The maximum Gasteiger partial charge on any atom is 0.461 e. The molecule has 1 aromatic carbocycles. The smallest absolute Gasteiger partial charge is 0.461 e. The molecule has 0 radical (unpaired) electrons. The number of halogens is 5. The van der Waals surface area contributed by atoms with Gasteiger partial charge in [0.2, 0.25) is 5.82 Å². The number of anilines is 1. The lowest BCUT2D eigenvalue weighted by Crippen LogP contribution is -2.36. The lowest BCUT2D eigenvalue weighted by Gasteiger charge is -2.18. The van der Waals surface area contributed by atoms with Crippen LogP contribution in [0, 0.1) is 24.2 Å². The largest absolute Gasteiger partial charge is 0.504 e. The fraction of sp³-hybridized carbons (Fsp3) is 0.333. The normalized spacial score (nSPS) is 14.1. The van der Waals surface area contributed by atoms with Crippen LogP contribution in [0.5, 0.6) is 5.75 Å². The second-order valence-electron chi connectivity index (χ2n) is 10.4. The number of nitriles is 1. The van der Waals surface area contributed by atoms with Crippen LogP contribution in [-0.4, -0.2) is 64.1 Å². The number of rotatable bonds is 9. The molecule has 5 rings (SSSR count). The van der Waals surface area contributed by atoms with Crippen LogP contribution in [-0.2, 0) is 12.5 Å². The molecule has 18 heteroatoms. The highest BCUT2D eigenvalue weighted by Gasteiger charge is 2.62. The molecule has 1 aliphatic carbocycles. The topological polar surface area (TPSA) is 177 Å². The molecule has 1 atom stereocenters. The van der Waals surface area contributed by atoms with Gasteiger partial charge < -0.3 is 15.7 Å². The van der Waals surface area contributed by atoms with Gasteiger partial charge in [0.05, 0.1) is 35.1 Å². The Balaban J connectivity index is 1.53. The standard InChI is InChI=1S/C27H23F5N10O3/c1-13-8-15(11-33)9-18(23(44)35-14(2)16-5-6-16)21(13)36-24(45)19-10-17(38-42(19)22-20(43)4-3-7-34-22)12-41-25(37-39-40-41)26(28,29)27(30,31)32/h3-4,7-10,14,16,43H,5-6,12H2,1-2H3,(H,35,44)(H,36,45). The number of carbonyl (C=O) groups is 2. The van der Waals surface area contributed by atoms with E-state index >= 15 is 0 Å². The van der Waals surface area contributed by atoms with E-state index in [0.29, 0.717) is 11.5 Å². The van der Waals surface area contributed by atoms with Gasteiger partial charge in [0.15, 0.2) is 11.6 Å². The van der Waals surface area contributed by atoms with Crippen LogP contribution in [0.25, 0.3) is 5.82 Å². The van der Waals surface area contributed by atoms with Crippen molar-refractivity contribution in [1.29, 1.82) is 5.26 Å². The van der Waals surface area contributed by atoms with Gasteiger partial charge in [-0.15, -0.1) is 5.10 Å². The van der Waals surface area contributed by atoms with Crippen molar-refractivity contribution in [2.45, 2.75) is 51.4 Å². The highest BCUT2D eigenvalue weighted by molar-refractivity contribution is 6.09. The Morgan fingerprint density at radius 3 is 2.56 bits per heavy atom. The minimum atomic E-state index is -6.00. The highest BCUT2D eigenvalue weighted by Crippen LogP contribution is 2.42. The molecule has 4 aromatic rings. The number of hydrogen-bond acceptors (Lipinski definition) is 9. The fourth-order valence-electron chi connectivity index (χ4n) is 4.57. The van der Waals surface area contributed by atoms with Crippen LogP contribution >= 0.6 is 0 Å². The predicted molar refractivity (Wildman–Crippen MR) is 143 cm³/mol. The van der Waals surface area contributed by atoms with Crippen LogP contribution in [0.2, 0.25) is 0 Å². The van der Waals surface area contributed by atoms with Crippen LogP contribution in [0.4, 0.5) is 27.6 Å². The number of nitrogens with zero attached hydrogens (tertiary/aromatic N) is 8. The van der Waals surface area contributed by atoms with Crippen molar-refractivity contribution in [1.82, 2.24) is 40.3 Å². The third-order valence-electron chi connectivity index (χ3n) is 7.08. The summed E-state index contributed by atoms with van der Waals surface area (Å²) in [6.07, 6.45) is -2.83. The summed E-state index contributed by atoms with van der Waals surface area (Å²) in [7, 11) is 0. The molecule has 0 spiro atoms. The number of tetrazole rings is 1. The molecule has 13 nitrogen and oxygen atoms in total. The van der Waals surface area contributed by atoms with Gasteiger partial charge in [0, 0.05) is 12.2 Å². The monoisotopic (exact) mass is 630 g/mol. The van der Waals surface area contributed by atoms with Crippen molar-refractivity contribution < 1.29 is 36.6 Å². The number of hydrogen-bond donors (Lipinski definition) is 3.